The van der Waals surface area contributed by atoms with Crippen LogP contribution in [-0.4, -0.2) is 46.6 Å². The summed E-state index contributed by atoms with van der Waals surface area (Å²) in [6.45, 7) is 0.908. The van der Waals surface area contributed by atoms with Gasteiger partial charge in [-0.2, -0.15) is 5.10 Å². The summed E-state index contributed by atoms with van der Waals surface area (Å²) in [7, 11) is 0. The quantitative estimate of drug-likeness (QED) is 0.678. The van der Waals surface area contributed by atoms with E-state index in [4.69, 9.17) is 4.74 Å². The summed E-state index contributed by atoms with van der Waals surface area (Å²) in [4.78, 5) is 12.1. The number of amides is 1. The predicted molar refractivity (Wildman–Crippen MR) is 63.3 cm³/mol. The summed E-state index contributed by atoms with van der Waals surface area (Å²) in [6.07, 6.45) is 2.96. The average molecular weight is 251 g/mol. The highest BCUT2D eigenvalue weighted by molar-refractivity contribution is 5.94. The van der Waals surface area contributed by atoms with Crippen molar-refractivity contribution >= 4 is 5.91 Å². The molecule has 2 heterocycles. The van der Waals surface area contributed by atoms with Gasteiger partial charge in [-0.15, -0.1) is 0 Å². The van der Waals surface area contributed by atoms with Crippen molar-refractivity contribution in [3.63, 3.8) is 0 Å². The number of aromatic amines is 1. The third-order valence-electron chi connectivity index (χ3n) is 3.66. The molecule has 0 spiro atoms. The van der Waals surface area contributed by atoms with Gasteiger partial charge in [-0.1, -0.05) is 0 Å². The number of aliphatic hydroxyl groups excluding tert-OH is 1. The molecule has 18 heavy (non-hydrogen) atoms. The Bertz CT molecular complexity index is 457. The van der Waals surface area contributed by atoms with Crippen molar-refractivity contribution in [2.45, 2.75) is 37.8 Å². The van der Waals surface area contributed by atoms with Crippen LogP contribution in [0.2, 0.25) is 0 Å². The van der Waals surface area contributed by atoms with E-state index in [1.165, 1.54) is 0 Å². The van der Waals surface area contributed by atoms with Crippen molar-refractivity contribution < 1.29 is 14.6 Å². The number of carbonyl (C=O) groups excluding carboxylic acids is 1. The van der Waals surface area contributed by atoms with Crippen LogP contribution in [0.25, 0.3) is 0 Å². The molecule has 1 aromatic rings. The van der Waals surface area contributed by atoms with Gasteiger partial charge in [-0.05, 0) is 25.7 Å². The van der Waals surface area contributed by atoms with Crippen molar-refractivity contribution in [1.29, 1.82) is 0 Å². The maximum absolute atomic E-state index is 12.1. The molecule has 1 aliphatic carbocycles. The molecule has 3 N–H and O–H groups in total. The highest BCUT2D eigenvalue weighted by atomic mass is 16.5. The number of hydrogen-bond donors (Lipinski definition) is 3. The van der Waals surface area contributed by atoms with Crippen LogP contribution >= 0.6 is 0 Å². The third-order valence-corrected chi connectivity index (χ3v) is 3.66. The molecule has 1 amide bonds. The summed E-state index contributed by atoms with van der Waals surface area (Å²) in [5.41, 5.74) is 2.57. The normalized spacial score (nSPS) is 26.9. The zero-order valence-corrected chi connectivity index (χ0v) is 10.1. The first-order valence-corrected chi connectivity index (χ1v) is 6.38. The van der Waals surface area contributed by atoms with Crippen LogP contribution in [0.3, 0.4) is 0 Å². The number of fused-ring (bicyclic) bond motifs is 1. The van der Waals surface area contributed by atoms with Crippen LogP contribution in [-0.2, 0) is 17.6 Å². The van der Waals surface area contributed by atoms with Crippen LogP contribution in [0.4, 0.5) is 0 Å². The minimum atomic E-state index is -0.533. The van der Waals surface area contributed by atoms with Gasteiger partial charge in [0.05, 0.1) is 18.8 Å². The number of rotatable bonds is 2. The molecule has 6 heteroatoms. The van der Waals surface area contributed by atoms with Crippen molar-refractivity contribution in [3.05, 3.63) is 17.0 Å². The lowest BCUT2D eigenvalue weighted by Gasteiger charge is -2.28. The number of hydrogen-bond acceptors (Lipinski definition) is 4. The molecule has 1 aromatic heterocycles. The number of H-pyrrole nitrogens is 1. The first-order valence-electron chi connectivity index (χ1n) is 6.38. The van der Waals surface area contributed by atoms with Crippen molar-refractivity contribution in [3.8, 4) is 0 Å². The Kier molecular flexibility index (Phi) is 3.05. The topological polar surface area (TPSA) is 87.2 Å². The van der Waals surface area contributed by atoms with Gasteiger partial charge in [-0.3, -0.25) is 9.89 Å². The molecular formula is C12H17N3O3. The maximum atomic E-state index is 12.1. The number of ether oxygens (including phenoxy) is 1. The van der Waals surface area contributed by atoms with E-state index < -0.39 is 6.10 Å². The number of carbonyl (C=O) groups is 1. The van der Waals surface area contributed by atoms with Crippen LogP contribution in [0, 0.1) is 0 Å². The van der Waals surface area contributed by atoms with Gasteiger partial charge in [-0.25, -0.2) is 0 Å². The van der Waals surface area contributed by atoms with E-state index in [2.05, 4.69) is 15.5 Å². The standard InChI is InChI=1S/C12H17N3O3/c16-10-4-5-18-6-9(10)13-12(17)11-7-2-1-3-8(7)14-15-11/h9-10,16H,1-6H2,(H,13,17)(H,14,15)/t9-,10-/m1/s1. The van der Waals surface area contributed by atoms with Crippen LogP contribution in [0.5, 0.6) is 0 Å². The summed E-state index contributed by atoms with van der Waals surface area (Å²) in [6, 6.07) is -0.333. The smallest absolute Gasteiger partial charge is 0.272 e. The fourth-order valence-electron chi connectivity index (χ4n) is 2.61. The van der Waals surface area contributed by atoms with E-state index in [0.29, 0.717) is 25.3 Å². The first kappa shape index (κ1) is 11.7. The van der Waals surface area contributed by atoms with Gasteiger partial charge in [0, 0.05) is 17.9 Å². The zero-order valence-electron chi connectivity index (χ0n) is 10.1. The molecule has 1 aliphatic heterocycles. The molecule has 98 valence electrons. The Labute approximate surface area is 105 Å². The largest absolute Gasteiger partial charge is 0.391 e. The van der Waals surface area contributed by atoms with E-state index in [-0.39, 0.29) is 11.9 Å². The molecule has 0 unspecified atom stereocenters. The average Bonchev–Trinajstić information content (AvgIpc) is 2.93. The van der Waals surface area contributed by atoms with Crippen molar-refractivity contribution in [1.82, 2.24) is 15.5 Å². The molecule has 6 nitrogen and oxygen atoms in total. The second kappa shape index (κ2) is 4.70. The lowest BCUT2D eigenvalue weighted by molar-refractivity contribution is -0.0140. The maximum Gasteiger partial charge on any atom is 0.272 e. The molecule has 3 rings (SSSR count). The highest BCUT2D eigenvalue weighted by Gasteiger charge is 2.28. The van der Waals surface area contributed by atoms with Crippen molar-refractivity contribution in [2.75, 3.05) is 13.2 Å². The minimum absolute atomic E-state index is 0.219. The van der Waals surface area contributed by atoms with Crippen LogP contribution in [0.15, 0.2) is 0 Å². The fraction of sp³-hybridized carbons (Fsp3) is 0.667. The third kappa shape index (κ3) is 2.02. The van der Waals surface area contributed by atoms with Gasteiger partial charge in [0.15, 0.2) is 5.69 Å². The van der Waals surface area contributed by atoms with Gasteiger partial charge in [0.25, 0.3) is 5.91 Å². The number of aryl methyl sites for hydroxylation is 1. The fourth-order valence-corrected chi connectivity index (χ4v) is 2.61. The van der Waals surface area contributed by atoms with E-state index in [9.17, 15) is 9.90 Å². The molecular weight excluding hydrogens is 234 g/mol. The summed E-state index contributed by atoms with van der Waals surface area (Å²) >= 11 is 0. The zero-order chi connectivity index (χ0) is 12.5. The molecule has 1 saturated heterocycles. The van der Waals surface area contributed by atoms with Gasteiger partial charge >= 0.3 is 0 Å². The Hall–Kier alpha value is -1.40. The van der Waals surface area contributed by atoms with E-state index in [0.717, 1.165) is 30.5 Å². The lowest BCUT2D eigenvalue weighted by Crippen LogP contribution is -2.49. The molecule has 0 radical (unpaired) electrons. The van der Waals surface area contributed by atoms with Crippen LogP contribution < -0.4 is 5.32 Å². The Morgan fingerprint density at radius 1 is 1.50 bits per heavy atom. The first-order chi connectivity index (χ1) is 8.75. The second-order valence-corrected chi connectivity index (χ2v) is 4.89. The van der Waals surface area contributed by atoms with Crippen LogP contribution in [0.1, 0.15) is 34.6 Å². The summed E-state index contributed by atoms with van der Waals surface area (Å²) < 4.78 is 5.26. The monoisotopic (exact) mass is 251 g/mol. The number of aliphatic hydroxyl groups is 1. The molecule has 0 saturated carbocycles. The minimum Gasteiger partial charge on any atom is -0.391 e. The van der Waals surface area contributed by atoms with Gasteiger partial charge < -0.3 is 15.2 Å². The predicted octanol–water partition coefficient (Wildman–Crippen LogP) is -0.222. The van der Waals surface area contributed by atoms with E-state index in [1.807, 2.05) is 0 Å². The molecule has 0 aromatic carbocycles. The SMILES string of the molecule is O=C(N[C@@H]1COCC[C@H]1O)c1n[nH]c2c1CCC2. The Morgan fingerprint density at radius 3 is 3.22 bits per heavy atom. The van der Waals surface area contributed by atoms with E-state index in [1.54, 1.807) is 0 Å². The van der Waals surface area contributed by atoms with E-state index >= 15 is 0 Å². The summed E-state index contributed by atoms with van der Waals surface area (Å²) in [5.74, 6) is -0.219. The molecule has 2 atom stereocenters. The Morgan fingerprint density at radius 2 is 2.39 bits per heavy atom. The number of aromatic nitrogens is 2. The summed E-state index contributed by atoms with van der Waals surface area (Å²) in [5, 5.41) is 19.6. The molecule has 1 fully saturated rings. The van der Waals surface area contributed by atoms with Crippen molar-refractivity contribution in [2.24, 2.45) is 0 Å². The molecule has 0 bridgehead atoms. The lowest BCUT2D eigenvalue weighted by atomic mass is 10.1. The van der Waals surface area contributed by atoms with Gasteiger partial charge in [0.1, 0.15) is 0 Å². The van der Waals surface area contributed by atoms with Gasteiger partial charge in [0.2, 0.25) is 0 Å². The number of nitrogens with zero attached hydrogens (tertiary/aromatic N) is 1. The Balaban J connectivity index is 1.70. The second-order valence-electron chi connectivity index (χ2n) is 4.89. The molecule has 2 aliphatic rings. The number of nitrogens with one attached hydrogen (secondary N) is 2. The highest BCUT2D eigenvalue weighted by Crippen LogP contribution is 2.22.